The maximum atomic E-state index is 12.8. The second kappa shape index (κ2) is 7.84. The van der Waals surface area contributed by atoms with E-state index in [9.17, 15) is 4.79 Å². The van der Waals surface area contributed by atoms with Gasteiger partial charge >= 0.3 is 0 Å². The molecule has 0 atom stereocenters. The average molecular weight is 381 g/mol. The normalized spacial score (nSPS) is 19.4. The minimum absolute atomic E-state index is 0.0382. The second-order valence-electron chi connectivity index (χ2n) is 6.91. The maximum absolute atomic E-state index is 12.8. The molecule has 1 saturated carbocycles. The van der Waals surface area contributed by atoms with Crippen molar-refractivity contribution in [3.8, 4) is 11.8 Å². The van der Waals surface area contributed by atoms with Crippen LogP contribution in [0, 0.1) is 6.92 Å². The standard InChI is InChI=1S/C20H23N5O3/c1-13-17(25-12-4-3-5-16(25)23-13)18(26)24-14-6-8-15(9-7-14)28-20-19(27-2)21-10-11-22-20/h3-5,10-12,14-15H,6-9H2,1-2H3,(H,24,26). The molecule has 3 aromatic rings. The van der Waals surface area contributed by atoms with Crippen LogP contribution in [0.25, 0.3) is 5.65 Å². The van der Waals surface area contributed by atoms with Crippen LogP contribution in [0.1, 0.15) is 41.9 Å². The van der Waals surface area contributed by atoms with Gasteiger partial charge in [-0.3, -0.25) is 9.20 Å². The Balaban J connectivity index is 1.36. The predicted molar refractivity (Wildman–Crippen MR) is 103 cm³/mol. The van der Waals surface area contributed by atoms with Crippen molar-refractivity contribution in [2.75, 3.05) is 7.11 Å². The summed E-state index contributed by atoms with van der Waals surface area (Å²) >= 11 is 0. The Morgan fingerprint density at radius 2 is 1.89 bits per heavy atom. The summed E-state index contributed by atoms with van der Waals surface area (Å²) in [5.41, 5.74) is 2.11. The van der Waals surface area contributed by atoms with Gasteiger partial charge < -0.3 is 14.8 Å². The fourth-order valence-electron chi connectivity index (χ4n) is 3.66. The lowest BCUT2D eigenvalue weighted by atomic mass is 9.93. The molecule has 0 radical (unpaired) electrons. The van der Waals surface area contributed by atoms with E-state index in [-0.39, 0.29) is 18.1 Å². The Bertz CT molecular complexity index is 979. The number of amides is 1. The topological polar surface area (TPSA) is 90.6 Å². The van der Waals surface area contributed by atoms with Gasteiger partial charge in [0.2, 0.25) is 0 Å². The van der Waals surface area contributed by atoms with E-state index in [1.54, 1.807) is 19.5 Å². The van der Waals surface area contributed by atoms with E-state index in [1.165, 1.54) is 0 Å². The molecule has 0 bridgehead atoms. The van der Waals surface area contributed by atoms with Gasteiger partial charge in [0.25, 0.3) is 17.7 Å². The fraction of sp³-hybridized carbons (Fsp3) is 0.400. The quantitative estimate of drug-likeness (QED) is 0.730. The van der Waals surface area contributed by atoms with Crippen molar-refractivity contribution >= 4 is 11.6 Å². The Morgan fingerprint density at radius 1 is 1.14 bits per heavy atom. The summed E-state index contributed by atoms with van der Waals surface area (Å²) in [5.74, 6) is 0.719. The van der Waals surface area contributed by atoms with E-state index >= 15 is 0 Å². The van der Waals surface area contributed by atoms with Crippen LogP contribution < -0.4 is 14.8 Å². The average Bonchev–Trinajstić information content (AvgIpc) is 3.05. The third-order valence-electron chi connectivity index (χ3n) is 5.03. The number of pyridine rings is 1. The van der Waals surface area contributed by atoms with Crippen molar-refractivity contribution in [2.24, 2.45) is 0 Å². The molecular weight excluding hydrogens is 358 g/mol. The molecule has 3 heterocycles. The van der Waals surface area contributed by atoms with E-state index in [0.29, 0.717) is 17.5 Å². The van der Waals surface area contributed by atoms with Crippen molar-refractivity contribution in [3.63, 3.8) is 0 Å². The number of rotatable bonds is 5. The SMILES string of the molecule is COc1nccnc1OC1CCC(NC(=O)c2c(C)nc3ccccn23)CC1. The van der Waals surface area contributed by atoms with Gasteiger partial charge in [0.1, 0.15) is 17.4 Å². The summed E-state index contributed by atoms with van der Waals surface area (Å²) in [4.78, 5) is 25.6. The number of ether oxygens (including phenoxy) is 2. The summed E-state index contributed by atoms with van der Waals surface area (Å²) < 4.78 is 13.0. The zero-order chi connectivity index (χ0) is 19.5. The van der Waals surface area contributed by atoms with Crippen molar-refractivity contribution in [1.29, 1.82) is 0 Å². The molecule has 1 N–H and O–H groups in total. The number of nitrogens with zero attached hydrogens (tertiary/aromatic N) is 4. The Morgan fingerprint density at radius 3 is 2.64 bits per heavy atom. The molecule has 0 aliphatic heterocycles. The van der Waals surface area contributed by atoms with Gasteiger partial charge in [-0.2, -0.15) is 0 Å². The molecule has 1 aliphatic carbocycles. The first-order valence-corrected chi connectivity index (χ1v) is 9.42. The zero-order valence-corrected chi connectivity index (χ0v) is 16.0. The van der Waals surface area contributed by atoms with E-state index in [0.717, 1.165) is 37.0 Å². The van der Waals surface area contributed by atoms with Gasteiger partial charge in [-0.25, -0.2) is 15.0 Å². The summed E-state index contributed by atoms with van der Waals surface area (Å²) in [6, 6.07) is 5.82. The van der Waals surface area contributed by atoms with Gasteiger partial charge in [-0.05, 0) is 44.7 Å². The number of aromatic nitrogens is 4. The summed E-state index contributed by atoms with van der Waals surface area (Å²) in [6.07, 6.45) is 8.40. The highest BCUT2D eigenvalue weighted by molar-refractivity contribution is 5.94. The minimum atomic E-state index is -0.0869. The number of hydrogen-bond acceptors (Lipinski definition) is 6. The minimum Gasteiger partial charge on any atom is -0.477 e. The molecule has 0 unspecified atom stereocenters. The number of carbonyl (C=O) groups excluding carboxylic acids is 1. The first-order valence-electron chi connectivity index (χ1n) is 9.42. The highest BCUT2D eigenvalue weighted by Crippen LogP contribution is 2.27. The maximum Gasteiger partial charge on any atom is 0.278 e. The monoisotopic (exact) mass is 381 g/mol. The van der Waals surface area contributed by atoms with E-state index in [4.69, 9.17) is 9.47 Å². The molecule has 0 spiro atoms. The number of methoxy groups -OCH3 is 1. The van der Waals surface area contributed by atoms with E-state index in [2.05, 4.69) is 20.3 Å². The van der Waals surface area contributed by atoms with Crippen molar-refractivity contribution in [3.05, 3.63) is 48.2 Å². The van der Waals surface area contributed by atoms with Crippen LogP contribution >= 0.6 is 0 Å². The van der Waals surface area contributed by atoms with E-state index < -0.39 is 0 Å². The Kier molecular flexibility index (Phi) is 5.10. The summed E-state index contributed by atoms with van der Waals surface area (Å²) in [7, 11) is 1.55. The molecule has 0 saturated heterocycles. The summed E-state index contributed by atoms with van der Waals surface area (Å²) in [6.45, 7) is 1.86. The Hall–Kier alpha value is -3.16. The van der Waals surface area contributed by atoms with Crippen LogP contribution in [0.4, 0.5) is 0 Å². The molecule has 1 aliphatic rings. The van der Waals surface area contributed by atoms with Crippen LogP contribution in [0.2, 0.25) is 0 Å². The second-order valence-corrected chi connectivity index (χ2v) is 6.91. The molecule has 8 nitrogen and oxygen atoms in total. The number of fused-ring (bicyclic) bond motifs is 1. The molecule has 8 heteroatoms. The van der Waals surface area contributed by atoms with Gasteiger partial charge in [0.15, 0.2) is 0 Å². The largest absolute Gasteiger partial charge is 0.477 e. The third-order valence-corrected chi connectivity index (χ3v) is 5.03. The van der Waals surface area contributed by atoms with Crippen molar-refractivity contribution < 1.29 is 14.3 Å². The van der Waals surface area contributed by atoms with Crippen LogP contribution in [-0.2, 0) is 0 Å². The number of imidazole rings is 1. The highest BCUT2D eigenvalue weighted by atomic mass is 16.5. The van der Waals surface area contributed by atoms with Crippen molar-refractivity contribution in [1.82, 2.24) is 24.7 Å². The first kappa shape index (κ1) is 18.2. The molecule has 4 rings (SSSR count). The molecular formula is C20H23N5O3. The van der Waals surface area contributed by atoms with Gasteiger partial charge in [0.05, 0.1) is 12.8 Å². The van der Waals surface area contributed by atoms with Gasteiger partial charge in [-0.15, -0.1) is 0 Å². The van der Waals surface area contributed by atoms with E-state index in [1.807, 2.05) is 35.7 Å². The lowest BCUT2D eigenvalue weighted by Crippen LogP contribution is -2.40. The first-order chi connectivity index (χ1) is 13.7. The number of hydrogen-bond donors (Lipinski definition) is 1. The van der Waals surface area contributed by atoms with Crippen LogP contribution in [-0.4, -0.2) is 44.5 Å². The summed E-state index contributed by atoms with van der Waals surface area (Å²) in [5, 5.41) is 3.15. The van der Waals surface area contributed by atoms with Gasteiger partial charge in [0, 0.05) is 24.6 Å². The molecule has 28 heavy (non-hydrogen) atoms. The van der Waals surface area contributed by atoms with Crippen LogP contribution in [0.15, 0.2) is 36.8 Å². The molecule has 1 amide bonds. The third kappa shape index (κ3) is 3.62. The molecule has 0 aromatic carbocycles. The molecule has 146 valence electrons. The number of aryl methyl sites for hydroxylation is 1. The molecule has 3 aromatic heterocycles. The highest BCUT2D eigenvalue weighted by Gasteiger charge is 2.26. The van der Waals surface area contributed by atoms with Crippen molar-refractivity contribution in [2.45, 2.75) is 44.8 Å². The van der Waals surface area contributed by atoms with Crippen LogP contribution in [0.3, 0.4) is 0 Å². The van der Waals surface area contributed by atoms with Crippen LogP contribution in [0.5, 0.6) is 11.8 Å². The smallest absolute Gasteiger partial charge is 0.278 e. The molecule has 1 fully saturated rings. The fourth-order valence-corrected chi connectivity index (χ4v) is 3.66. The lowest BCUT2D eigenvalue weighted by Gasteiger charge is -2.29. The van der Waals surface area contributed by atoms with Gasteiger partial charge in [-0.1, -0.05) is 6.07 Å². The predicted octanol–water partition coefficient (Wildman–Crippen LogP) is 2.56. The Labute approximate surface area is 162 Å². The number of carbonyl (C=O) groups is 1. The zero-order valence-electron chi connectivity index (χ0n) is 16.0. The lowest BCUT2D eigenvalue weighted by molar-refractivity contribution is 0.0880. The number of nitrogens with one attached hydrogen (secondary N) is 1.